The van der Waals surface area contributed by atoms with Gasteiger partial charge in [0.15, 0.2) is 0 Å². The Bertz CT molecular complexity index is 880. The lowest BCUT2D eigenvalue weighted by molar-refractivity contribution is -0.672. The Labute approximate surface area is 200 Å². The molecule has 0 atom stereocenters. The lowest BCUT2D eigenvalue weighted by atomic mass is 10.2. The third-order valence-electron chi connectivity index (χ3n) is 4.97. The maximum Gasteiger partial charge on any atom is 0.281 e. The first-order chi connectivity index (χ1) is 13.6. The van der Waals surface area contributed by atoms with E-state index in [1.807, 2.05) is 22.7 Å². The summed E-state index contributed by atoms with van der Waals surface area (Å²) in [6.45, 7) is 6.88. The number of hydrogen-bond donors (Lipinski definition) is 0. The van der Waals surface area contributed by atoms with E-state index in [1.54, 1.807) is 0 Å². The second-order valence-corrected chi connectivity index (χ2v) is 9.42. The largest absolute Gasteiger partial charge is 1.00 e. The molecule has 0 aliphatic rings. The van der Waals surface area contributed by atoms with Crippen LogP contribution in [0.5, 0.6) is 0 Å². The minimum Gasteiger partial charge on any atom is -1.00 e. The molecule has 3 rings (SSSR count). The van der Waals surface area contributed by atoms with Crippen molar-refractivity contribution >= 4 is 39.8 Å². The summed E-state index contributed by atoms with van der Waals surface area (Å²) in [5, 5.41) is 1.42. The van der Waals surface area contributed by atoms with Gasteiger partial charge in [0.2, 0.25) is 0 Å². The van der Waals surface area contributed by atoms with Gasteiger partial charge < -0.3 is 28.9 Å². The predicted molar refractivity (Wildman–Crippen MR) is 125 cm³/mol. The van der Waals surface area contributed by atoms with Crippen LogP contribution < -0.4 is 33.4 Å². The highest BCUT2D eigenvalue weighted by Gasteiger charge is 2.12. The van der Waals surface area contributed by atoms with Gasteiger partial charge in [-0.2, -0.15) is 0 Å². The third-order valence-corrected chi connectivity index (χ3v) is 7.36. The molecule has 158 valence electrons. The smallest absolute Gasteiger partial charge is 0.281 e. The summed E-state index contributed by atoms with van der Waals surface area (Å²) in [4.78, 5) is 6.60. The quantitative estimate of drug-likeness (QED) is 0.284. The van der Waals surface area contributed by atoms with E-state index in [0.29, 0.717) is 0 Å². The van der Waals surface area contributed by atoms with Crippen molar-refractivity contribution < 1.29 is 28.5 Å². The molecule has 0 unspecified atom stereocenters. The first-order valence-electron chi connectivity index (χ1n) is 10.3. The molecule has 0 aromatic carbocycles. The monoisotopic (exact) mass is 541 g/mol. The average Bonchev–Trinajstić information content (AvgIpc) is 3.41. The Hall–Kier alpha value is -1.12. The fraction of sp³-hybridized carbons (Fsp3) is 0.435. The standard InChI is InChI=1S/C23H32N3S2.HI/c1-5-7-15-26(16-8-6-2)23-14-12-21(28-23)20-11-9-19(27-20)10-13-22-24(3)17-18-25(22)4;/h9-14,17-18H,5-8,15-16H2,1-4H3;1H/q+1;/p-1. The van der Waals surface area contributed by atoms with E-state index in [2.05, 4.69) is 90.8 Å². The highest BCUT2D eigenvalue weighted by Crippen LogP contribution is 2.38. The number of rotatable bonds is 10. The zero-order chi connectivity index (χ0) is 19.9. The van der Waals surface area contributed by atoms with Gasteiger partial charge in [0.1, 0.15) is 12.4 Å². The van der Waals surface area contributed by atoms with E-state index in [9.17, 15) is 0 Å². The van der Waals surface area contributed by atoms with Crippen LogP contribution >= 0.6 is 22.7 Å². The first-order valence-corrected chi connectivity index (χ1v) is 11.9. The van der Waals surface area contributed by atoms with Crippen LogP contribution in [0.4, 0.5) is 5.00 Å². The lowest BCUT2D eigenvalue weighted by Gasteiger charge is -2.22. The van der Waals surface area contributed by atoms with E-state index in [-0.39, 0.29) is 24.0 Å². The lowest BCUT2D eigenvalue weighted by Crippen LogP contribution is -3.00. The molecule has 3 heterocycles. The van der Waals surface area contributed by atoms with E-state index in [0.717, 1.165) is 0 Å². The van der Waals surface area contributed by atoms with Crippen molar-refractivity contribution in [1.29, 1.82) is 0 Å². The summed E-state index contributed by atoms with van der Waals surface area (Å²) >= 11 is 3.80. The first kappa shape index (κ1) is 24.2. The highest BCUT2D eigenvalue weighted by atomic mass is 127. The summed E-state index contributed by atoms with van der Waals surface area (Å²) in [6.07, 6.45) is 13.6. The van der Waals surface area contributed by atoms with Crippen LogP contribution in [0.15, 0.2) is 36.7 Å². The minimum absolute atomic E-state index is 0. The molecule has 0 N–H and O–H groups in total. The number of nitrogens with zero attached hydrogens (tertiary/aromatic N) is 3. The predicted octanol–water partition coefficient (Wildman–Crippen LogP) is 3.22. The van der Waals surface area contributed by atoms with Crippen molar-refractivity contribution in [2.24, 2.45) is 14.1 Å². The molecule has 0 aliphatic heterocycles. The fourth-order valence-corrected chi connectivity index (χ4v) is 5.29. The Morgan fingerprint density at radius 2 is 1.62 bits per heavy atom. The number of unbranched alkanes of at least 4 members (excludes halogenated alkanes) is 2. The van der Waals surface area contributed by atoms with E-state index in [1.165, 1.54) is 64.2 Å². The molecule has 0 spiro atoms. The second-order valence-electron chi connectivity index (χ2n) is 7.25. The van der Waals surface area contributed by atoms with Crippen molar-refractivity contribution in [3.63, 3.8) is 0 Å². The van der Waals surface area contributed by atoms with Gasteiger partial charge in [-0.1, -0.05) is 26.7 Å². The van der Waals surface area contributed by atoms with Crippen LogP contribution in [0.25, 0.3) is 21.9 Å². The molecule has 3 aromatic heterocycles. The van der Waals surface area contributed by atoms with Crippen molar-refractivity contribution in [1.82, 2.24) is 4.57 Å². The zero-order valence-electron chi connectivity index (χ0n) is 17.9. The normalized spacial score (nSPS) is 11.2. The Kier molecular flexibility index (Phi) is 9.92. The molecular weight excluding hydrogens is 509 g/mol. The minimum atomic E-state index is 0. The fourth-order valence-electron chi connectivity index (χ4n) is 3.23. The zero-order valence-corrected chi connectivity index (χ0v) is 21.7. The average molecular weight is 542 g/mol. The molecule has 29 heavy (non-hydrogen) atoms. The Morgan fingerprint density at radius 1 is 0.966 bits per heavy atom. The summed E-state index contributed by atoms with van der Waals surface area (Å²) in [5.41, 5.74) is 0. The SMILES string of the molecule is CCCCN(CCCC)c1ccc(-c2ccc(/C=C/c3n(C)cc[n+]3C)s2)s1.[I-]. The van der Waals surface area contributed by atoms with Crippen molar-refractivity contribution in [3.05, 3.63) is 47.4 Å². The van der Waals surface area contributed by atoms with Crippen LogP contribution in [0.1, 0.15) is 50.2 Å². The van der Waals surface area contributed by atoms with Crippen LogP contribution in [-0.2, 0) is 14.1 Å². The van der Waals surface area contributed by atoms with Crippen LogP contribution in [0.3, 0.4) is 0 Å². The molecule has 0 radical (unpaired) electrons. The van der Waals surface area contributed by atoms with Crippen molar-refractivity contribution in [2.45, 2.75) is 39.5 Å². The topological polar surface area (TPSA) is 12.1 Å². The van der Waals surface area contributed by atoms with Gasteiger partial charge in [-0.25, -0.2) is 9.13 Å². The molecule has 3 nitrogen and oxygen atoms in total. The number of anilines is 1. The molecule has 0 aliphatic carbocycles. The Morgan fingerprint density at radius 3 is 2.24 bits per heavy atom. The van der Waals surface area contributed by atoms with Gasteiger partial charge in [0.25, 0.3) is 5.82 Å². The van der Waals surface area contributed by atoms with Crippen LogP contribution in [0, 0.1) is 0 Å². The third kappa shape index (κ3) is 6.43. The number of halogens is 1. The number of hydrogen-bond acceptors (Lipinski definition) is 3. The molecule has 0 bridgehead atoms. The van der Waals surface area contributed by atoms with E-state index in [4.69, 9.17) is 0 Å². The van der Waals surface area contributed by atoms with Gasteiger partial charge in [-0.3, -0.25) is 0 Å². The summed E-state index contributed by atoms with van der Waals surface area (Å²) in [6, 6.07) is 9.09. The van der Waals surface area contributed by atoms with Crippen molar-refractivity contribution in [3.8, 4) is 9.75 Å². The van der Waals surface area contributed by atoms with Crippen LogP contribution in [0.2, 0.25) is 0 Å². The highest BCUT2D eigenvalue weighted by molar-refractivity contribution is 7.24. The molecule has 0 amide bonds. The summed E-state index contributed by atoms with van der Waals surface area (Å²) in [7, 11) is 4.16. The molecule has 0 saturated carbocycles. The molecule has 0 fully saturated rings. The molecule has 3 aromatic rings. The molecule has 0 saturated heterocycles. The molecular formula is C23H32IN3S2. The van der Waals surface area contributed by atoms with Gasteiger partial charge in [-0.15, -0.1) is 22.7 Å². The maximum atomic E-state index is 2.57. The molecule has 6 heteroatoms. The maximum absolute atomic E-state index is 2.57. The van der Waals surface area contributed by atoms with Crippen LogP contribution in [-0.4, -0.2) is 17.7 Å². The van der Waals surface area contributed by atoms with E-state index >= 15 is 0 Å². The Balaban J connectivity index is 0.00000300. The number of thiophene rings is 2. The van der Waals surface area contributed by atoms with E-state index < -0.39 is 0 Å². The number of imidazole rings is 1. The van der Waals surface area contributed by atoms with Gasteiger partial charge in [0, 0.05) is 33.8 Å². The second kappa shape index (κ2) is 11.9. The number of aryl methyl sites for hydroxylation is 2. The van der Waals surface area contributed by atoms with Crippen molar-refractivity contribution in [2.75, 3.05) is 18.0 Å². The van der Waals surface area contributed by atoms with Gasteiger partial charge in [-0.05, 0) is 43.2 Å². The summed E-state index contributed by atoms with van der Waals surface area (Å²) < 4.78 is 4.27. The van der Waals surface area contributed by atoms with Gasteiger partial charge >= 0.3 is 0 Å². The number of aromatic nitrogens is 2. The van der Waals surface area contributed by atoms with Gasteiger partial charge in [0.05, 0.1) is 19.1 Å². The summed E-state index contributed by atoms with van der Waals surface area (Å²) in [5.74, 6) is 1.19.